The Kier molecular flexibility index (Phi) is 3.78. The van der Waals surface area contributed by atoms with Gasteiger partial charge in [0.25, 0.3) is 0 Å². The van der Waals surface area contributed by atoms with E-state index in [9.17, 15) is 18.4 Å². The predicted octanol–water partition coefficient (Wildman–Crippen LogP) is 1.52. The molecule has 2 aliphatic heterocycles. The van der Waals surface area contributed by atoms with Crippen molar-refractivity contribution in [3.63, 3.8) is 0 Å². The van der Waals surface area contributed by atoms with Crippen LogP contribution in [0.5, 0.6) is 0 Å². The van der Waals surface area contributed by atoms with Gasteiger partial charge in [0.05, 0.1) is 17.3 Å². The Bertz CT molecular complexity index is 953. The second kappa shape index (κ2) is 6.11. The zero-order valence-electron chi connectivity index (χ0n) is 15.1. The van der Waals surface area contributed by atoms with Gasteiger partial charge in [-0.1, -0.05) is 0 Å². The van der Waals surface area contributed by atoms with Crippen molar-refractivity contribution < 1.29 is 18.4 Å². The zero-order chi connectivity index (χ0) is 19.5. The molecular formula is C18H20F2N6O2. The number of alkyl halides is 2. The van der Waals surface area contributed by atoms with E-state index in [0.29, 0.717) is 17.9 Å². The number of imide groups is 1. The van der Waals surface area contributed by atoms with Crippen LogP contribution in [0.3, 0.4) is 0 Å². The standard InChI is InChI=1S/C18H20F2N6O2/c19-18(20)6-11(7-18)10-1-3-25(9-10)14-5-13(24-26-4-2-21-15(14)26)12-8-22-17(28)23-16(12)27/h2,4-5,10-12H,1,3,6-9H2,(H2,22,23,27,28). The molecule has 0 aromatic carbocycles. The number of carbonyl (C=O) groups excluding carboxylic acids is 2. The van der Waals surface area contributed by atoms with Crippen LogP contribution in [0, 0.1) is 11.8 Å². The molecule has 28 heavy (non-hydrogen) atoms. The number of nitrogens with one attached hydrogen (secondary N) is 2. The third-order valence-corrected chi connectivity index (χ3v) is 6.09. The van der Waals surface area contributed by atoms with Crippen LogP contribution >= 0.6 is 0 Å². The van der Waals surface area contributed by atoms with Gasteiger partial charge in [-0.05, 0) is 24.3 Å². The Hall–Kier alpha value is -2.78. The van der Waals surface area contributed by atoms with Crippen LogP contribution in [0.1, 0.15) is 30.9 Å². The van der Waals surface area contributed by atoms with Crippen LogP contribution < -0.4 is 15.5 Å². The Morgan fingerprint density at radius 2 is 2.04 bits per heavy atom. The van der Waals surface area contributed by atoms with Crippen LogP contribution in [0.2, 0.25) is 0 Å². The molecule has 3 fully saturated rings. The molecule has 2 saturated heterocycles. The summed E-state index contributed by atoms with van der Waals surface area (Å²) >= 11 is 0. The number of nitrogens with zero attached hydrogens (tertiary/aromatic N) is 4. The molecule has 0 radical (unpaired) electrons. The first-order valence-electron chi connectivity index (χ1n) is 9.45. The number of fused-ring (bicyclic) bond motifs is 1. The number of hydrogen-bond donors (Lipinski definition) is 2. The van der Waals surface area contributed by atoms with Crippen LogP contribution in [-0.4, -0.2) is 52.1 Å². The van der Waals surface area contributed by atoms with E-state index in [-0.39, 0.29) is 31.2 Å². The fourth-order valence-electron chi connectivity index (χ4n) is 4.52. The van der Waals surface area contributed by atoms with E-state index in [0.717, 1.165) is 18.7 Å². The second-order valence-corrected chi connectivity index (χ2v) is 7.92. The molecule has 3 amide bonds. The van der Waals surface area contributed by atoms with Crippen molar-refractivity contribution >= 4 is 23.3 Å². The van der Waals surface area contributed by atoms with Gasteiger partial charge in [0.1, 0.15) is 0 Å². The average molecular weight is 390 g/mol. The smallest absolute Gasteiger partial charge is 0.321 e. The number of anilines is 1. The van der Waals surface area contributed by atoms with Crippen molar-refractivity contribution in [2.45, 2.75) is 31.1 Å². The molecule has 0 spiro atoms. The molecular weight excluding hydrogens is 370 g/mol. The Morgan fingerprint density at radius 3 is 2.79 bits per heavy atom. The van der Waals surface area contributed by atoms with Crippen molar-refractivity contribution in [2.75, 3.05) is 24.5 Å². The van der Waals surface area contributed by atoms with Gasteiger partial charge in [0.2, 0.25) is 11.8 Å². The highest BCUT2D eigenvalue weighted by molar-refractivity contribution is 6.00. The molecule has 5 rings (SSSR count). The van der Waals surface area contributed by atoms with E-state index < -0.39 is 23.8 Å². The highest BCUT2D eigenvalue weighted by atomic mass is 19.3. The molecule has 2 unspecified atom stereocenters. The lowest BCUT2D eigenvalue weighted by Crippen LogP contribution is -2.51. The Balaban J connectivity index is 1.42. The van der Waals surface area contributed by atoms with Gasteiger partial charge in [0, 0.05) is 44.9 Å². The molecule has 8 nitrogen and oxygen atoms in total. The molecule has 3 aliphatic rings. The average Bonchev–Trinajstić information content (AvgIpc) is 3.28. The number of amides is 3. The number of rotatable bonds is 3. The molecule has 4 heterocycles. The second-order valence-electron chi connectivity index (χ2n) is 7.92. The van der Waals surface area contributed by atoms with Gasteiger partial charge in [-0.15, -0.1) is 0 Å². The number of imidazole rings is 1. The van der Waals surface area contributed by atoms with Crippen LogP contribution in [0.15, 0.2) is 18.5 Å². The molecule has 10 heteroatoms. The van der Waals surface area contributed by atoms with Crippen molar-refractivity contribution in [3.8, 4) is 0 Å². The first-order chi connectivity index (χ1) is 13.4. The van der Waals surface area contributed by atoms with E-state index in [1.807, 2.05) is 6.07 Å². The molecule has 2 N–H and O–H groups in total. The van der Waals surface area contributed by atoms with Crippen LogP contribution in [0.4, 0.5) is 19.3 Å². The minimum absolute atomic E-state index is 0.0200. The van der Waals surface area contributed by atoms with Crippen LogP contribution in [-0.2, 0) is 4.79 Å². The summed E-state index contributed by atoms with van der Waals surface area (Å²) in [6, 6.07) is 1.33. The molecule has 2 atom stereocenters. The topological polar surface area (TPSA) is 91.6 Å². The highest BCUT2D eigenvalue weighted by Gasteiger charge is 2.49. The lowest BCUT2D eigenvalue weighted by atomic mass is 9.73. The fraction of sp³-hybridized carbons (Fsp3) is 0.556. The molecule has 2 aromatic rings. The maximum Gasteiger partial charge on any atom is 0.321 e. The van der Waals surface area contributed by atoms with Gasteiger partial charge in [-0.3, -0.25) is 10.1 Å². The molecule has 2 aromatic heterocycles. The summed E-state index contributed by atoms with van der Waals surface area (Å²) < 4.78 is 28.1. The van der Waals surface area contributed by atoms with E-state index in [1.54, 1.807) is 16.9 Å². The van der Waals surface area contributed by atoms with Gasteiger partial charge in [-0.2, -0.15) is 5.10 Å². The normalized spacial score (nSPS) is 27.6. The SMILES string of the molecule is O=C1NCC(c2cc(N3CCC(C4CC(F)(F)C4)C3)c3nccn3n2)C(=O)N1. The van der Waals surface area contributed by atoms with Crippen molar-refractivity contribution in [1.82, 2.24) is 25.2 Å². The molecule has 148 valence electrons. The lowest BCUT2D eigenvalue weighted by Gasteiger charge is -2.38. The maximum absolute atomic E-state index is 13.2. The van der Waals surface area contributed by atoms with E-state index in [4.69, 9.17) is 0 Å². The monoisotopic (exact) mass is 390 g/mol. The first kappa shape index (κ1) is 17.3. The Labute approximate surface area is 159 Å². The largest absolute Gasteiger partial charge is 0.368 e. The van der Waals surface area contributed by atoms with Gasteiger partial charge in [-0.25, -0.2) is 23.1 Å². The summed E-state index contributed by atoms with van der Waals surface area (Å²) in [7, 11) is 0. The third-order valence-electron chi connectivity index (χ3n) is 6.09. The van der Waals surface area contributed by atoms with Gasteiger partial charge < -0.3 is 10.2 Å². The number of halogens is 2. The number of hydrogen-bond acceptors (Lipinski definition) is 5. The van der Waals surface area contributed by atoms with Crippen LogP contribution in [0.25, 0.3) is 5.65 Å². The Morgan fingerprint density at radius 1 is 1.21 bits per heavy atom. The summed E-state index contributed by atoms with van der Waals surface area (Å²) in [5.74, 6) is -3.18. The number of carbonyl (C=O) groups is 2. The minimum Gasteiger partial charge on any atom is -0.368 e. The van der Waals surface area contributed by atoms with Crippen molar-refractivity contribution in [2.24, 2.45) is 11.8 Å². The fourth-order valence-corrected chi connectivity index (χ4v) is 4.52. The number of urea groups is 1. The molecule has 0 bridgehead atoms. The van der Waals surface area contributed by atoms with Gasteiger partial charge >= 0.3 is 6.03 Å². The first-order valence-corrected chi connectivity index (χ1v) is 9.45. The van der Waals surface area contributed by atoms with Gasteiger partial charge in [0.15, 0.2) is 5.65 Å². The predicted molar refractivity (Wildman–Crippen MR) is 95.3 cm³/mol. The lowest BCUT2D eigenvalue weighted by molar-refractivity contribution is -0.123. The summed E-state index contributed by atoms with van der Waals surface area (Å²) in [5, 5.41) is 9.36. The van der Waals surface area contributed by atoms with E-state index >= 15 is 0 Å². The summed E-state index contributed by atoms with van der Waals surface area (Å²) in [6.07, 6.45) is 4.17. The zero-order valence-corrected chi connectivity index (χ0v) is 15.1. The summed E-state index contributed by atoms with van der Waals surface area (Å²) in [4.78, 5) is 30.1. The van der Waals surface area contributed by atoms with E-state index in [1.165, 1.54) is 0 Å². The quantitative estimate of drug-likeness (QED) is 0.829. The minimum atomic E-state index is -2.50. The van der Waals surface area contributed by atoms with Crippen molar-refractivity contribution in [3.05, 3.63) is 24.2 Å². The highest BCUT2D eigenvalue weighted by Crippen LogP contribution is 2.48. The summed E-state index contributed by atoms with van der Waals surface area (Å²) in [6.45, 7) is 1.63. The maximum atomic E-state index is 13.2. The third kappa shape index (κ3) is 2.87. The van der Waals surface area contributed by atoms with E-state index in [2.05, 4.69) is 25.6 Å². The number of aromatic nitrogens is 3. The summed E-state index contributed by atoms with van der Waals surface area (Å²) in [5.41, 5.74) is 2.05. The molecule has 1 saturated carbocycles. The molecule has 1 aliphatic carbocycles. The van der Waals surface area contributed by atoms with Crippen molar-refractivity contribution in [1.29, 1.82) is 0 Å².